The summed E-state index contributed by atoms with van der Waals surface area (Å²) in [6, 6.07) is 0. The molecule has 2 rings (SSSR count). The predicted octanol–water partition coefficient (Wildman–Crippen LogP) is 1.04. The van der Waals surface area contributed by atoms with Crippen LogP contribution in [0.2, 0.25) is 0 Å². The first-order valence-corrected chi connectivity index (χ1v) is 8.26. The minimum Gasteiger partial charge on any atom is -0.326 e. The van der Waals surface area contributed by atoms with Gasteiger partial charge in [0.05, 0.1) is 0 Å². The molecular formula is C12H22N4O2S. The second-order valence-electron chi connectivity index (χ2n) is 5.19. The van der Waals surface area contributed by atoms with Crippen molar-refractivity contribution in [3.05, 3.63) is 11.3 Å². The third kappa shape index (κ3) is 3.34. The topological polar surface area (TPSA) is 101 Å². The molecule has 0 bridgehead atoms. The maximum absolute atomic E-state index is 12.2. The summed E-state index contributed by atoms with van der Waals surface area (Å²) in [6.07, 6.45) is 5.86. The van der Waals surface area contributed by atoms with Crippen LogP contribution in [0.4, 0.5) is 0 Å². The van der Waals surface area contributed by atoms with Crippen molar-refractivity contribution in [3.63, 3.8) is 0 Å². The molecule has 0 radical (unpaired) electrons. The van der Waals surface area contributed by atoms with Crippen molar-refractivity contribution in [1.82, 2.24) is 14.9 Å². The average Bonchev–Trinajstić information content (AvgIpc) is 2.79. The summed E-state index contributed by atoms with van der Waals surface area (Å²) >= 11 is 0. The van der Waals surface area contributed by atoms with Crippen molar-refractivity contribution in [2.24, 2.45) is 11.7 Å². The van der Waals surface area contributed by atoms with Crippen LogP contribution in [0.5, 0.6) is 0 Å². The van der Waals surface area contributed by atoms with Gasteiger partial charge in [-0.25, -0.2) is 13.1 Å². The normalized spacial score (nSPS) is 17.8. The Kier molecular flexibility index (Phi) is 4.59. The minimum atomic E-state index is -3.55. The standard InChI is InChI=1S/C12H22N4O2S/c1-9-11(7-13)12(16-15-9)19(17,18)14-8-10-5-3-2-4-6-10/h10,14H,2-8,13H2,1H3,(H,15,16). The smallest absolute Gasteiger partial charge is 0.260 e. The van der Waals surface area contributed by atoms with Gasteiger partial charge in [0.2, 0.25) is 0 Å². The zero-order valence-electron chi connectivity index (χ0n) is 11.3. The van der Waals surface area contributed by atoms with E-state index in [-0.39, 0.29) is 11.6 Å². The Morgan fingerprint density at radius 3 is 2.68 bits per heavy atom. The number of hydrogen-bond acceptors (Lipinski definition) is 4. The molecule has 108 valence electrons. The minimum absolute atomic E-state index is 0.0447. The maximum atomic E-state index is 12.2. The third-order valence-corrected chi connectivity index (χ3v) is 5.17. The largest absolute Gasteiger partial charge is 0.326 e. The quantitative estimate of drug-likeness (QED) is 0.752. The molecular weight excluding hydrogens is 264 g/mol. The molecule has 0 aromatic carbocycles. The molecule has 0 amide bonds. The average molecular weight is 286 g/mol. The van der Waals surface area contributed by atoms with E-state index in [4.69, 9.17) is 5.73 Å². The van der Waals surface area contributed by atoms with E-state index in [0.717, 1.165) is 12.8 Å². The van der Waals surface area contributed by atoms with E-state index in [0.29, 0.717) is 23.7 Å². The van der Waals surface area contributed by atoms with Crippen molar-refractivity contribution < 1.29 is 8.42 Å². The van der Waals surface area contributed by atoms with E-state index in [1.807, 2.05) is 0 Å². The number of aromatic amines is 1. The van der Waals surface area contributed by atoms with Crippen LogP contribution in [0.1, 0.15) is 43.4 Å². The van der Waals surface area contributed by atoms with Crippen LogP contribution in [-0.2, 0) is 16.6 Å². The van der Waals surface area contributed by atoms with E-state index >= 15 is 0 Å². The monoisotopic (exact) mass is 286 g/mol. The van der Waals surface area contributed by atoms with Gasteiger partial charge in [0.25, 0.3) is 10.0 Å². The number of nitrogens with two attached hydrogens (primary N) is 1. The lowest BCUT2D eigenvalue weighted by Crippen LogP contribution is -2.31. The van der Waals surface area contributed by atoms with Crippen molar-refractivity contribution in [1.29, 1.82) is 0 Å². The van der Waals surface area contributed by atoms with Gasteiger partial charge in [-0.05, 0) is 25.7 Å². The Bertz CT molecular complexity index is 518. The number of H-pyrrole nitrogens is 1. The molecule has 0 unspecified atom stereocenters. The first-order chi connectivity index (χ1) is 9.04. The molecule has 1 saturated carbocycles. The van der Waals surface area contributed by atoms with Crippen molar-refractivity contribution in [2.75, 3.05) is 6.54 Å². The van der Waals surface area contributed by atoms with Crippen LogP contribution >= 0.6 is 0 Å². The van der Waals surface area contributed by atoms with Crippen LogP contribution < -0.4 is 10.5 Å². The summed E-state index contributed by atoms with van der Waals surface area (Å²) in [7, 11) is -3.55. The first-order valence-electron chi connectivity index (χ1n) is 6.78. The lowest BCUT2D eigenvalue weighted by atomic mass is 9.90. The van der Waals surface area contributed by atoms with E-state index < -0.39 is 10.0 Å². The number of nitrogens with one attached hydrogen (secondary N) is 2. The summed E-state index contributed by atoms with van der Waals surface area (Å²) in [5, 5.41) is 6.59. The molecule has 1 aromatic heterocycles. The number of sulfonamides is 1. The fourth-order valence-corrected chi connectivity index (χ4v) is 3.90. The van der Waals surface area contributed by atoms with Gasteiger partial charge in [-0.2, -0.15) is 5.10 Å². The number of hydrogen-bond donors (Lipinski definition) is 3. The van der Waals surface area contributed by atoms with Crippen molar-refractivity contribution in [3.8, 4) is 0 Å². The van der Waals surface area contributed by atoms with Crippen molar-refractivity contribution in [2.45, 2.75) is 50.6 Å². The van der Waals surface area contributed by atoms with E-state index in [9.17, 15) is 8.42 Å². The van der Waals surface area contributed by atoms with Crippen LogP contribution in [-0.4, -0.2) is 25.2 Å². The van der Waals surface area contributed by atoms with E-state index in [1.165, 1.54) is 19.3 Å². The van der Waals surface area contributed by atoms with Gasteiger partial charge in [-0.3, -0.25) is 5.10 Å². The Hall–Kier alpha value is -0.920. The highest BCUT2D eigenvalue weighted by Crippen LogP contribution is 2.23. The van der Waals surface area contributed by atoms with Crippen LogP contribution in [0, 0.1) is 12.8 Å². The molecule has 1 aliphatic carbocycles. The van der Waals surface area contributed by atoms with Gasteiger partial charge in [-0.1, -0.05) is 19.3 Å². The summed E-state index contributed by atoms with van der Waals surface area (Å²) in [6.45, 7) is 2.44. The van der Waals surface area contributed by atoms with Crippen LogP contribution in [0.3, 0.4) is 0 Å². The van der Waals surface area contributed by atoms with Gasteiger partial charge >= 0.3 is 0 Å². The highest BCUT2D eigenvalue weighted by molar-refractivity contribution is 7.89. The molecule has 0 aliphatic heterocycles. The van der Waals surface area contributed by atoms with E-state index in [2.05, 4.69) is 14.9 Å². The summed E-state index contributed by atoms with van der Waals surface area (Å²) < 4.78 is 27.1. The fourth-order valence-electron chi connectivity index (χ4n) is 2.58. The molecule has 1 aliphatic rings. The second kappa shape index (κ2) is 6.02. The molecule has 0 saturated heterocycles. The van der Waals surface area contributed by atoms with Crippen molar-refractivity contribution >= 4 is 10.0 Å². The number of aryl methyl sites for hydroxylation is 1. The maximum Gasteiger partial charge on any atom is 0.260 e. The molecule has 7 heteroatoms. The number of aromatic nitrogens is 2. The lowest BCUT2D eigenvalue weighted by molar-refractivity contribution is 0.357. The van der Waals surface area contributed by atoms with Gasteiger partial charge < -0.3 is 5.73 Å². The molecule has 0 spiro atoms. The Balaban J connectivity index is 2.05. The molecule has 1 heterocycles. The van der Waals surface area contributed by atoms with Gasteiger partial charge in [-0.15, -0.1) is 0 Å². The lowest BCUT2D eigenvalue weighted by Gasteiger charge is -2.21. The van der Waals surface area contributed by atoms with Gasteiger partial charge in [0, 0.05) is 24.3 Å². The molecule has 6 nitrogen and oxygen atoms in total. The highest BCUT2D eigenvalue weighted by Gasteiger charge is 2.24. The Morgan fingerprint density at radius 2 is 2.05 bits per heavy atom. The molecule has 1 fully saturated rings. The summed E-state index contributed by atoms with van der Waals surface area (Å²) in [5.41, 5.74) is 6.85. The fraction of sp³-hybridized carbons (Fsp3) is 0.750. The summed E-state index contributed by atoms with van der Waals surface area (Å²) in [4.78, 5) is 0. The number of nitrogens with zero attached hydrogens (tertiary/aromatic N) is 1. The Labute approximate surface area is 114 Å². The second-order valence-corrected chi connectivity index (χ2v) is 6.87. The molecule has 19 heavy (non-hydrogen) atoms. The third-order valence-electron chi connectivity index (χ3n) is 3.78. The van der Waals surface area contributed by atoms with Crippen LogP contribution in [0.25, 0.3) is 0 Å². The Morgan fingerprint density at radius 1 is 1.37 bits per heavy atom. The zero-order valence-corrected chi connectivity index (χ0v) is 12.1. The molecule has 1 aromatic rings. The van der Waals surface area contributed by atoms with E-state index in [1.54, 1.807) is 6.92 Å². The first kappa shape index (κ1) is 14.5. The van der Waals surface area contributed by atoms with Gasteiger partial charge in [0.15, 0.2) is 5.03 Å². The summed E-state index contributed by atoms with van der Waals surface area (Å²) in [5.74, 6) is 0.449. The SMILES string of the molecule is Cc1[nH]nc(S(=O)(=O)NCC2CCCCC2)c1CN. The number of rotatable bonds is 5. The zero-order chi connectivity index (χ0) is 13.9. The van der Waals surface area contributed by atoms with Gasteiger partial charge in [0.1, 0.15) is 0 Å². The molecule has 0 atom stereocenters. The molecule has 4 N–H and O–H groups in total. The highest BCUT2D eigenvalue weighted by atomic mass is 32.2. The van der Waals surface area contributed by atoms with Crippen LogP contribution in [0.15, 0.2) is 5.03 Å². The predicted molar refractivity (Wildman–Crippen MR) is 73.0 cm³/mol.